The third-order valence-electron chi connectivity index (χ3n) is 2.49. The van der Waals surface area contributed by atoms with Crippen molar-refractivity contribution in [2.24, 2.45) is 11.1 Å². The Kier molecular flexibility index (Phi) is 3.29. The van der Waals surface area contributed by atoms with E-state index in [1.165, 1.54) is 0 Å². The predicted molar refractivity (Wildman–Crippen MR) is 58.7 cm³/mol. The van der Waals surface area contributed by atoms with Crippen molar-refractivity contribution >= 4 is 0 Å². The molecule has 2 heteroatoms. The first-order valence-electron chi connectivity index (χ1n) is 4.91. The molecule has 1 atom stereocenters. The zero-order chi connectivity index (χ0) is 10.8. The van der Waals surface area contributed by atoms with Gasteiger partial charge in [-0.25, -0.2) is 0 Å². The van der Waals surface area contributed by atoms with Gasteiger partial charge in [0.1, 0.15) is 0 Å². The molecule has 2 nitrogen and oxygen atoms in total. The van der Waals surface area contributed by atoms with Crippen molar-refractivity contribution in [1.29, 1.82) is 0 Å². The summed E-state index contributed by atoms with van der Waals surface area (Å²) in [6, 6.07) is 7.75. The quantitative estimate of drug-likeness (QED) is 0.756. The first kappa shape index (κ1) is 11.2. The molecule has 1 rings (SSSR count). The molecule has 3 N–H and O–H groups in total. The highest BCUT2D eigenvalue weighted by molar-refractivity contribution is 5.30. The second-order valence-electron chi connectivity index (χ2n) is 4.70. The minimum absolute atomic E-state index is 0.0191. The second-order valence-corrected chi connectivity index (χ2v) is 4.70. The van der Waals surface area contributed by atoms with Crippen molar-refractivity contribution in [1.82, 2.24) is 0 Å². The van der Waals surface area contributed by atoms with Crippen molar-refractivity contribution in [2.45, 2.75) is 33.4 Å². The lowest BCUT2D eigenvalue weighted by Crippen LogP contribution is -2.27. The number of aliphatic hydroxyl groups excluding tert-OH is 1. The van der Waals surface area contributed by atoms with Crippen molar-refractivity contribution in [3.63, 3.8) is 0 Å². The van der Waals surface area contributed by atoms with Crippen molar-refractivity contribution in [3.05, 3.63) is 35.4 Å². The molecule has 1 aromatic carbocycles. The minimum Gasteiger partial charge on any atom is -0.392 e. The van der Waals surface area contributed by atoms with Gasteiger partial charge in [0.15, 0.2) is 0 Å². The molecule has 1 aromatic rings. The first-order valence-corrected chi connectivity index (χ1v) is 4.91. The van der Waals surface area contributed by atoms with Crippen LogP contribution in [0.3, 0.4) is 0 Å². The highest BCUT2D eigenvalue weighted by atomic mass is 16.3. The maximum Gasteiger partial charge on any atom is 0.0685 e. The van der Waals surface area contributed by atoms with E-state index in [1.54, 1.807) is 0 Å². The molecule has 0 aliphatic heterocycles. The molecule has 0 heterocycles. The highest BCUT2D eigenvalue weighted by Crippen LogP contribution is 2.32. The van der Waals surface area contributed by atoms with E-state index in [2.05, 4.69) is 20.8 Å². The van der Waals surface area contributed by atoms with Gasteiger partial charge in [-0.3, -0.25) is 0 Å². The molecule has 0 unspecified atom stereocenters. The smallest absolute Gasteiger partial charge is 0.0685 e. The molecule has 14 heavy (non-hydrogen) atoms. The Balaban J connectivity index is 3.06. The molecule has 0 spiro atoms. The zero-order valence-corrected chi connectivity index (χ0v) is 9.12. The van der Waals surface area contributed by atoms with Gasteiger partial charge in [0.25, 0.3) is 0 Å². The number of benzene rings is 1. The lowest BCUT2D eigenvalue weighted by atomic mass is 9.81. The van der Waals surface area contributed by atoms with Crippen LogP contribution in [0.15, 0.2) is 24.3 Å². The molecule has 0 amide bonds. The van der Waals surface area contributed by atoms with E-state index in [9.17, 15) is 5.11 Å². The molecule has 0 bridgehead atoms. The summed E-state index contributed by atoms with van der Waals surface area (Å²) in [5.41, 5.74) is 8.13. The third-order valence-corrected chi connectivity index (χ3v) is 2.49. The lowest BCUT2D eigenvalue weighted by Gasteiger charge is -2.28. The molecule has 0 aromatic heterocycles. The van der Waals surface area contributed by atoms with Crippen molar-refractivity contribution in [3.8, 4) is 0 Å². The van der Waals surface area contributed by atoms with Crippen LogP contribution >= 0.6 is 0 Å². The molecule has 0 fully saturated rings. The van der Waals surface area contributed by atoms with Crippen LogP contribution in [0, 0.1) is 5.41 Å². The SMILES string of the molecule is CC(C)(C)[C@@H](N)c1ccccc1CO. The number of nitrogens with two attached hydrogens (primary N) is 1. The van der Waals surface area contributed by atoms with Gasteiger partial charge in [-0.15, -0.1) is 0 Å². The fourth-order valence-electron chi connectivity index (χ4n) is 1.45. The van der Waals surface area contributed by atoms with Gasteiger partial charge in [0.2, 0.25) is 0 Å². The minimum atomic E-state index is -0.0363. The normalized spacial score (nSPS) is 14.1. The molecular weight excluding hydrogens is 174 g/mol. The maximum atomic E-state index is 9.18. The van der Waals surface area contributed by atoms with Gasteiger partial charge in [-0.2, -0.15) is 0 Å². The van der Waals surface area contributed by atoms with Crippen LogP contribution in [0.2, 0.25) is 0 Å². The second kappa shape index (κ2) is 4.11. The Labute approximate surface area is 85.8 Å². The summed E-state index contributed by atoms with van der Waals surface area (Å²) in [7, 11) is 0. The topological polar surface area (TPSA) is 46.2 Å². The van der Waals surface area contributed by atoms with E-state index in [4.69, 9.17) is 5.73 Å². The van der Waals surface area contributed by atoms with Crippen LogP contribution in [-0.4, -0.2) is 5.11 Å². The standard InChI is InChI=1S/C12H19NO/c1-12(2,3)11(13)10-7-5-4-6-9(10)8-14/h4-7,11,14H,8,13H2,1-3H3/t11-/m0/s1. The fourth-order valence-corrected chi connectivity index (χ4v) is 1.45. The van der Waals surface area contributed by atoms with Gasteiger partial charge in [-0.05, 0) is 16.5 Å². The average molecular weight is 193 g/mol. The van der Waals surface area contributed by atoms with Crippen LogP contribution in [0.4, 0.5) is 0 Å². The zero-order valence-electron chi connectivity index (χ0n) is 9.12. The summed E-state index contributed by atoms with van der Waals surface area (Å²) in [5, 5.41) is 9.18. The van der Waals surface area contributed by atoms with Gasteiger partial charge >= 0.3 is 0 Å². The molecule has 0 saturated carbocycles. The number of hydrogen-bond donors (Lipinski definition) is 2. The first-order chi connectivity index (χ1) is 6.46. The van der Waals surface area contributed by atoms with Crippen LogP contribution < -0.4 is 5.73 Å². The summed E-state index contributed by atoms with van der Waals surface area (Å²) < 4.78 is 0. The maximum absolute atomic E-state index is 9.18. The Bertz CT molecular complexity index is 301. The summed E-state index contributed by atoms with van der Waals surface area (Å²) in [6.45, 7) is 6.36. The van der Waals surface area contributed by atoms with Gasteiger partial charge in [0.05, 0.1) is 6.61 Å². The van der Waals surface area contributed by atoms with Gasteiger partial charge in [-0.1, -0.05) is 45.0 Å². The third kappa shape index (κ3) is 2.34. The van der Waals surface area contributed by atoms with E-state index in [0.29, 0.717) is 0 Å². The summed E-state index contributed by atoms with van der Waals surface area (Å²) in [6.07, 6.45) is 0. The van der Waals surface area contributed by atoms with E-state index in [1.807, 2.05) is 24.3 Å². The summed E-state index contributed by atoms with van der Waals surface area (Å²) >= 11 is 0. The number of hydrogen-bond acceptors (Lipinski definition) is 2. The number of aliphatic hydroxyl groups is 1. The van der Waals surface area contributed by atoms with Crippen LogP contribution in [0.25, 0.3) is 0 Å². The molecule has 0 aliphatic carbocycles. The Morgan fingerprint density at radius 2 is 1.86 bits per heavy atom. The predicted octanol–water partition coefficient (Wildman–Crippen LogP) is 2.22. The molecular formula is C12H19NO. The van der Waals surface area contributed by atoms with Gasteiger partial charge in [0, 0.05) is 6.04 Å². The summed E-state index contributed by atoms with van der Waals surface area (Å²) in [5.74, 6) is 0. The van der Waals surface area contributed by atoms with E-state index in [0.717, 1.165) is 11.1 Å². The fraction of sp³-hybridized carbons (Fsp3) is 0.500. The van der Waals surface area contributed by atoms with Crippen LogP contribution in [0.5, 0.6) is 0 Å². The molecule has 0 aliphatic rings. The van der Waals surface area contributed by atoms with E-state index < -0.39 is 0 Å². The van der Waals surface area contributed by atoms with Crippen LogP contribution in [0.1, 0.15) is 37.9 Å². The molecule has 78 valence electrons. The molecule has 0 saturated heterocycles. The van der Waals surface area contributed by atoms with E-state index >= 15 is 0 Å². The Morgan fingerprint density at radius 1 is 1.29 bits per heavy atom. The largest absolute Gasteiger partial charge is 0.392 e. The average Bonchev–Trinajstić information content (AvgIpc) is 2.15. The van der Waals surface area contributed by atoms with E-state index in [-0.39, 0.29) is 18.1 Å². The van der Waals surface area contributed by atoms with Gasteiger partial charge < -0.3 is 10.8 Å². The van der Waals surface area contributed by atoms with Crippen molar-refractivity contribution < 1.29 is 5.11 Å². The Morgan fingerprint density at radius 3 is 2.36 bits per heavy atom. The Hall–Kier alpha value is -0.860. The summed E-state index contributed by atoms with van der Waals surface area (Å²) in [4.78, 5) is 0. The van der Waals surface area contributed by atoms with Crippen molar-refractivity contribution in [2.75, 3.05) is 0 Å². The van der Waals surface area contributed by atoms with Crippen LogP contribution in [-0.2, 0) is 6.61 Å². The monoisotopic (exact) mass is 193 g/mol. The number of rotatable bonds is 2. The lowest BCUT2D eigenvalue weighted by molar-refractivity contribution is 0.273. The molecule has 0 radical (unpaired) electrons. The highest BCUT2D eigenvalue weighted by Gasteiger charge is 2.23.